The van der Waals surface area contributed by atoms with Gasteiger partial charge in [0.05, 0.1) is 6.20 Å². The van der Waals surface area contributed by atoms with Crippen molar-refractivity contribution in [1.82, 2.24) is 24.5 Å². The number of aryl methyl sites for hydroxylation is 2. The molecule has 0 atom stereocenters. The molecule has 2 rings (SSSR count). The number of anilines is 1. The van der Waals surface area contributed by atoms with Gasteiger partial charge in [0.2, 0.25) is 0 Å². The fourth-order valence-electron chi connectivity index (χ4n) is 1.91. The average molecular weight is 262 g/mol. The summed E-state index contributed by atoms with van der Waals surface area (Å²) in [7, 11) is 5.33. The molecule has 0 aliphatic carbocycles. The Hall–Kier alpha value is -2.31. The van der Waals surface area contributed by atoms with Crippen LogP contribution < -0.4 is 5.73 Å². The monoisotopic (exact) mass is 262 g/mol. The quantitative estimate of drug-likeness (QED) is 0.863. The van der Waals surface area contributed by atoms with Gasteiger partial charge in [0, 0.05) is 45.0 Å². The van der Waals surface area contributed by atoms with E-state index >= 15 is 0 Å². The number of hydrogen-bond acceptors (Lipinski definition) is 4. The van der Waals surface area contributed by atoms with Crippen LogP contribution >= 0.6 is 0 Å². The Morgan fingerprint density at radius 1 is 1.42 bits per heavy atom. The molecule has 0 bridgehead atoms. The van der Waals surface area contributed by atoms with Crippen LogP contribution in [0, 0.1) is 6.92 Å². The number of aromatic nitrogens is 4. The Labute approximate surface area is 111 Å². The van der Waals surface area contributed by atoms with Gasteiger partial charge in [-0.15, -0.1) is 0 Å². The maximum absolute atomic E-state index is 12.3. The molecule has 2 N–H and O–H groups in total. The third kappa shape index (κ3) is 2.44. The predicted octanol–water partition coefficient (Wildman–Crippen LogP) is 0.316. The molecule has 0 aliphatic rings. The zero-order chi connectivity index (χ0) is 14.2. The molecular weight excluding hydrogens is 244 g/mol. The van der Waals surface area contributed by atoms with Gasteiger partial charge >= 0.3 is 0 Å². The van der Waals surface area contributed by atoms with E-state index < -0.39 is 0 Å². The molecule has 0 radical (unpaired) electrons. The lowest BCUT2D eigenvalue weighted by Gasteiger charge is -2.16. The Bertz CT molecular complexity index is 612. The molecule has 0 saturated heterocycles. The van der Waals surface area contributed by atoms with Crippen LogP contribution in [0.25, 0.3) is 0 Å². The first-order valence-electron chi connectivity index (χ1n) is 5.92. The molecule has 0 aromatic carbocycles. The first-order chi connectivity index (χ1) is 8.90. The van der Waals surface area contributed by atoms with Crippen molar-refractivity contribution in [2.45, 2.75) is 13.5 Å². The van der Waals surface area contributed by atoms with E-state index in [0.29, 0.717) is 18.1 Å². The molecule has 2 aromatic rings. The number of amides is 1. The summed E-state index contributed by atoms with van der Waals surface area (Å²) >= 11 is 0. The Balaban J connectivity index is 2.16. The van der Waals surface area contributed by atoms with Crippen LogP contribution in [0.5, 0.6) is 0 Å². The lowest BCUT2D eigenvalue weighted by molar-refractivity contribution is 0.0774. The van der Waals surface area contributed by atoms with Crippen molar-refractivity contribution in [1.29, 1.82) is 0 Å². The molecule has 7 nitrogen and oxygen atoms in total. The van der Waals surface area contributed by atoms with Crippen molar-refractivity contribution >= 4 is 11.7 Å². The molecule has 0 spiro atoms. The maximum Gasteiger partial charge on any atom is 0.272 e. The van der Waals surface area contributed by atoms with Crippen molar-refractivity contribution in [3.05, 3.63) is 29.2 Å². The van der Waals surface area contributed by atoms with E-state index in [-0.39, 0.29) is 5.91 Å². The lowest BCUT2D eigenvalue weighted by atomic mass is 10.2. The number of nitrogen functional groups attached to an aromatic ring is 1. The van der Waals surface area contributed by atoms with Crippen LogP contribution in [0.1, 0.15) is 21.7 Å². The zero-order valence-corrected chi connectivity index (χ0v) is 11.6. The minimum Gasteiger partial charge on any atom is -0.382 e. The Morgan fingerprint density at radius 3 is 2.58 bits per heavy atom. The molecule has 102 valence electrons. The van der Waals surface area contributed by atoms with Crippen LogP contribution in [0.3, 0.4) is 0 Å². The summed E-state index contributed by atoms with van der Waals surface area (Å²) in [6.07, 6.45) is 1.77. The first-order valence-corrected chi connectivity index (χ1v) is 5.92. The molecule has 2 heterocycles. The molecule has 0 unspecified atom stereocenters. The number of nitrogens with zero attached hydrogens (tertiary/aromatic N) is 5. The van der Waals surface area contributed by atoms with Gasteiger partial charge in [0.1, 0.15) is 11.5 Å². The second-order valence-corrected chi connectivity index (χ2v) is 4.62. The van der Waals surface area contributed by atoms with Crippen molar-refractivity contribution in [2.75, 3.05) is 12.8 Å². The highest BCUT2D eigenvalue weighted by Crippen LogP contribution is 2.12. The smallest absolute Gasteiger partial charge is 0.272 e. The summed E-state index contributed by atoms with van der Waals surface area (Å²) in [6, 6.07) is 1.58. The Morgan fingerprint density at radius 2 is 2.11 bits per heavy atom. The molecule has 1 amide bonds. The Kier molecular flexibility index (Phi) is 3.28. The fourth-order valence-corrected chi connectivity index (χ4v) is 1.91. The van der Waals surface area contributed by atoms with Gasteiger partial charge in [-0.3, -0.25) is 14.2 Å². The molecule has 0 aliphatic heterocycles. The zero-order valence-electron chi connectivity index (χ0n) is 11.6. The summed E-state index contributed by atoms with van der Waals surface area (Å²) < 4.78 is 3.28. The summed E-state index contributed by atoms with van der Waals surface area (Å²) in [4.78, 5) is 13.9. The second-order valence-electron chi connectivity index (χ2n) is 4.62. The average Bonchev–Trinajstić information content (AvgIpc) is 2.84. The highest BCUT2D eigenvalue weighted by Gasteiger charge is 2.18. The molecule has 2 aromatic heterocycles. The number of hydrogen-bond donors (Lipinski definition) is 1. The van der Waals surface area contributed by atoms with Crippen molar-refractivity contribution < 1.29 is 4.79 Å². The summed E-state index contributed by atoms with van der Waals surface area (Å²) in [6.45, 7) is 2.48. The molecule has 0 saturated carbocycles. The van der Waals surface area contributed by atoms with Gasteiger partial charge in [-0.2, -0.15) is 10.2 Å². The standard InChI is InChI=1S/C12H18N6O/c1-8-9(6-14-17(8)3)7-16(2)12(19)10-5-11(13)15-18(10)4/h5-6H,7H2,1-4H3,(H2,13,15). The maximum atomic E-state index is 12.3. The van der Waals surface area contributed by atoms with Crippen molar-refractivity contribution in [3.63, 3.8) is 0 Å². The molecule has 0 fully saturated rings. The van der Waals surface area contributed by atoms with E-state index in [2.05, 4.69) is 10.2 Å². The van der Waals surface area contributed by atoms with Gasteiger partial charge in [-0.25, -0.2) is 0 Å². The largest absolute Gasteiger partial charge is 0.382 e. The highest BCUT2D eigenvalue weighted by atomic mass is 16.2. The van der Waals surface area contributed by atoms with E-state index in [0.717, 1.165) is 11.3 Å². The lowest BCUT2D eigenvalue weighted by Crippen LogP contribution is -2.28. The minimum absolute atomic E-state index is 0.116. The van der Waals surface area contributed by atoms with Crippen LogP contribution in [0.2, 0.25) is 0 Å². The number of rotatable bonds is 3. The van der Waals surface area contributed by atoms with Crippen molar-refractivity contribution in [3.8, 4) is 0 Å². The van der Waals surface area contributed by atoms with Gasteiger partial charge in [-0.1, -0.05) is 0 Å². The second kappa shape index (κ2) is 4.75. The van der Waals surface area contributed by atoms with E-state index in [1.807, 2.05) is 14.0 Å². The van der Waals surface area contributed by atoms with Crippen LogP contribution in [0.15, 0.2) is 12.3 Å². The highest BCUT2D eigenvalue weighted by molar-refractivity contribution is 5.93. The topological polar surface area (TPSA) is 82.0 Å². The van der Waals surface area contributed by atoms with Crippen LogP contribution in [-0.4, -0.2) is 37.4 Å². The molecular formula is C12H18N6O. The minimum atomic E-state index is -0.116. The van der Waals surface area contributed by atoms with E-state index in [1.165, 1.54) is 4.68 Å². The number of nitrogens with two attached hydrogens (primary N) is 1. The third-order valence-corrected chi connectivity index (χ3v) is 3.21. The first kappa shape index (κ1) is 13.1. The van der Waals surface area contributed by atoms with E-state index in [1.54, 1.807) is 35.9 Å². The normalized spacial score (nSPS) is 10.7. The van der Waals surface area contributed by atoms with E-state index in [4.69, 9.17) is 5.73 Å². The number of carbonyl (C=O) groups is 1. The third-order valence-electron chi connectivity index (χ3n) is 3.21. The summed E-state index contributed by atoms with van der Waals surface area (Å²) in [5.41, 5.74) is 8.12. The number of carbonyl (C=O) groups excluding carboxylic acids is 1. The van der Waals surface area contributed by atoms with E-state index in [9.17, 15) is 4.79 Å². The van der Waals surface area contributed by atoms with Gasteiger partial charge < -0.3 is 10.6 Å². The van der Waals surface area contributed by atoms with Crippen LogP contribution in [0.4, 0.5) is 5.82 Å². The van der Waals surface area contributed by atoms with Crippen molar-refractivity contribution in [2.24, 2.45) is 14.1 Å². The van der Waals surface area contributed by atoms with Gasteiger partial charge in [-0.05, 0) is 6.92 Å². The predicted molar refractivity (Wildman–Crippen MR) is 71.4 cm³/mol. The fraction of sp³-hybridized carbons (Fsp3) is 0.417. The summed E-state index contributed by atoms with van der Waals surface area (Å²) in [5.74, 6) is 0.228. The molecule has 19 heavy (non-hydrogen) atoms. The van der Waals surface area contributed by atoms with Gasteiger partial charge in [0.15, 0.2) is 0 Å². The SMILES string of the molecule is Cc1c(CN(C)C(=O)c2cc(N)nn2C)cnn1C. The van der Waals surface area contributed by atoms with Gasteiger partial charge in [0.25, 0.3) is 5.91 Å². The van der Waals surface area contributed by atoms with Crippen LogP contribution in [-0.2, 0) is 20.6 Å². The summed E-state index contributed by atoms with van der Waals surface area (Å²) in [5, 5.41) is 8.14. The molecule has 7 heteroatoms.